The zero-order valence-corrected chi connectivity index (χ0v) is 8.52. The molecule has 0 saturated heterocycles. The lowest BCUT2D eigenvalue weighted by Crippen LogP contribution is -2.10. The van der Waals surface area contributed by atoms with Crippen molar-refractivity contribution in [3.8, 4) is 0 Å². The van der Waals surface area contributed by atoms with E-state index < -0.39 is 19.9 Å². The van der Waals surface area contributed by atoms with Gasteiger partial charge in [0.15, 0.2) is 0 Å². The molecule has 80 valence electrons. The van der Waals surface area contributed by atoms with Crippen molar-refractivity contribution in [2.75, 3.05) is 0 Å². The van der Waals surface area contributed by atoms with Gasteiger partial charge in [-0.15, -0.1) is 0 Å². The molecular weight excluding hydrogens is 222 g/mol. The third-order valence-corrected chi connectivity index (χ3v) is 3.39. The average Bonchev–Trinajstić information content (AvgIpc) is 2.17. The van der Waals surface area contributed by atoms with Gasteiger partial charge in [-0.2, -0.15) is 0 Å². The zero-order valence-electron chi connectivity index (χ0n) is 7.71. The Bertz CT molecular complexity index is 502. The van der Waals surface area contributed by atoms with Gasteiger partial charge in [0.2, 0.25) is 15.0 Å². The highest BCUT2D eigenvalue weighted by Crippen LogP contribution is 2.17. The Morgan fingerprint density at radius 2 is 1.73 bits per heavy atom. The molecule has 0 spiro atoms. The fourth-order valence-electron chi connectivity index (χ4n) is 0.913. The molecule has 0 bridgehead atoms. The summed E-state index contributed by atoms with van der Waals surface area (Å²) in [7, 11) is -3.98. The number of non-ortho nitro benzene ring substituents is 1. The molecule has 0 fully saturated rings. The van der Waals surface area contributed by atoms with Crippen LogP contribution in [0.15, 0.2) is 29.2 Å². The van der Waals surface area contributed by atoms with Gasteiger partial charge in [-0.3, -0.25) is 14.9 Å². The van der Waals surface area contributed by atoms with Gasteiger partial charge in [0, 0.05) is 19.1 Å². The highest BCUT2D eigenvalue weighted by molar-refractivity contribution is 8.06. The molecule has 1 aromatic carbocycles. The van der Waals surface area contributed by atoms with E-state index in [1.54, 1.807) is 0 Å². The fraction of sp³-hybridized carbons (Fsp3) is 0.125. The molecule has 0 aliphatic rings. The van der Waals surface area contributed by atoms with Crippen LogP contribution in [0.2, 0.25) is 0 Å². The molecule has 6 nitrogen and oxygen atoms in total. The molecule has 15 heavy (non-hydrogen) atoms. The maximum atomic E-state index is 11.3. The second kappa shape index (κ2) is 3.77. The van der Waals surface area contributed by atoms with Crippen LogP contribution in [0.4, 0.5) is 5.69 Å². The Kier molecular flexibility index (Phi) is 2.85. The summed E-state index contributed by atoms with van der Waals surface area (Å²) >= 11 is 0. The fourth-order valence-corrected chi connectivity index (χ4v) is 1.74. The van der Waals surface area contributed by atoms with E-state index in [4.69, 9.17) is 0 Å². The molecule has 1 rings (SSSR count). The number of hydrogen-bond donors (Lipinski definition) is 0. The SMILES string of the molecule is CC(=O)S(=O)(=O)c1ccc([N+](=O)[O-])cc1. The number of nitro benzene ring substituents is 1. The minimum Gasteiger partial charge on any atom is -0.282 e. The number of carbonyl (C=O) groups excluding carboxylic acids is 1. The second-order valence-electron chi connectivity index (χ2n) is 2.75. The predicted octanol–water partition coefficient (Wildman–Crippen LogP) is 0.915. The molecule has 0 N–H and O–H groups in total. The van der Waals surface area contributed by atoms with Crippen LogP contribution in [0.5, 0.6) is 0 Å². The first-order valence-corrected chi connectivity index (χ1v) is 5.34. The molecule has 0 aliphatic heterocycles. The Balaban J connectivity index is 3.21. The van der Waals surface area contributed by atoms with Crippen LogP contribution < -0.4 is 0 Å². The van der Waals surface area contributed by atoms with Crippen LogP contribution in [0.1, 0.15) is 6.92 Å². The number of hydrogen-bond acceptors (Lipinski definition) is 5. The van der Waals surface area contributed by atoms with E-state index in [1.165, 1.54) is 0 Å². The molecule has 0 heterocycles. The first-order chi connectivity index (χ1) is 6.85. The normalized spacial score (nSPS) is 11.0. The summed E-state index contributed by atoms with van der Waals surface area (Å²) in [5.41, 5.74) is -0.225. The van der Waals surface area contributed by atoms with E-state index in [-0.39, 0.29) is 10.6 Å². The topological polar surface area (TPSA) is 94.3 Å². The Labute approximate surface area is 85.6 Å². The molecule has 0 unspecified atom stereocenters. The van der Waals surface area contributed by atoms with Gasteiger partial charge in [-0.25, -0.2) is 8.42 Å². The summed E-state index contributed by atoms with van der Waals surface area (Å²) in [5.74, 6) is 0. The number of nitrogens with zero attached hydrogens (tertiary/aromatic N) is 1. The lowest BCUT2D eigenvalue weighted by molar-refractivity contribution is -0.384. The maximum absolute atomic E-state index is 11.3. The molecular formula is C8H7NO5S. The molecule has 0 aliphatic carbocycles. The van der Waals surface area contributed by atoms with E-state index in [0.717, 1.165) is 31.2 Å². The largest absolute Gasteiger partial charge is 0.282 e. The van der Waals surface area contributed by atoms with Crippen LogP contribution >= 0.6 is 0 Å². The number of carbonyl (C=O) groups is 1. The highest BCUT2D eigenvalue weighted by Gasteiger charge is 2.20. The molecule has 0 saturated carbocycles. The minimum atomic E-state index is -3.98. The summed E-state index contributed by atoms with van der Waals surface area (Å²) < 4.78 is 22.6. The summed E-state index contributed by atoms with van der Waals surface area (Å²) in [6, 6.07) is 4.15. The summed E-state index contributed by atoms with van der Waals surface area (Å²) in [5, 5.41) is 9.30. The van der Waals surface area contributed by atoms with Crippen LogP contribution in [-0.2, 0) is 14.6 Å². The van der Waals surface area contributed by atoms with Crippen molar-refractivity contribution in [1.82, 2.24) is 0 Å². The van der Waals surface area contributed by atoms with E-state index in [0.29, 0.717) is 0 Å². The minimum absolute atomic E-state index is 0.225. The molecule has 0 radical (unpaired) electrons. The van der Waals surface area contributed by atoms with Crippen molar-refractivity contribution in [3.05, 3.63) is 34.4 Å². The van der Waals surface area contributed by atoms with Gasteiger partial charge >= 0.3 is 0 Å². The lowest BCUT2D eigenvalue weighted by Gasteiger charge is -1.98. The van der Waals surface area contributed by atoms with Crippen molar-refractivity contribution >= 4 is 20.6 Å². The summed E-state index contributed by atoms with van der Waals surface area (Å²) in [6.45, 7) is 0.927. The van der Waals surface area contributed by atoms with Crippen LogP contribution in [-0.4, -0.2) is 18.5 Å². The van der Waals surface area contributed by atoms with Gasteiger partial charge < -0.3 is 0 Å². The smallest absolute Gasteiger partial charge is 0.269 e. The van der Waals surface area contributed by atoms with Crippen molar-refractivity contribution in [2.45, 2.75) is 11.8 Å². The molecule has 0 atom stereocenters. The summed E-state index contributed by atoms with van der Waals surface area (Å²) in [6.07, 6.45) is 0. The molecule has 7 heteroatoms. The van der Waals surface area contributed by atoms with E-state index in [9.17, 15) is 23.3 Å². The van der Waals surface area contributed by atoms with Gasteiger partial charge in [0.05, 0.1) is 9.82 Å². The quantitative estimate of drug-likeness (QED) is 0.555. The third kappa shape index (κ3) is 2.18. The van der Waals surface area contributed by atoms with Crippen LogP contribution in [0.3, 0.4) is 0 Å². The number of rotatable bonds is 2. The number of sulfone groups is 1. The standard InChI is InChI=1S/C8H7NO5S/c1-6(10)15(13,14)8-4-2-7(3-5-8)9(11)12/h2-5H,1H3. The monoisotopic (exact) mass is 229 g/mol. The Hall–Kier alpha value is -1.76. The van der Waals surface area contributed by atoms with Crippen molar-refractivity contribution < 1.29 is 18.1 Å². The first-order valence-electron chi connectivity index (χ1n) is 3.86. The average molecular weight is 229 g/mol. The third-order valence-electron chi connectivity index (χ3n) is 1.74. The van der Waals surface area contributed by atoms with Crippen molar-refractivity contribution in [2.24, 2.45) is 0 Å². The second-order valence-corrected chi connectivity index (χ2v) is 4.80. The molecule has 0 amide bonds. The van der Waals surface area contributed by atoms with Crippen LogP contribution in [0, 0.1) is 10.1 Å². The first kappa shape index (κ1) is 11.3. The molecule has 1 aromatic rings. The Morgan fingerprint density at radius 3 is 2.07 bits per heavy atom. The summed E-state index contributed by atoms with van der Waals surface area (Å²) in [4.78, 5) is 20.2. The van der Waals surface area contributed by atoms with Gasteiger partial charge in [-0.1, -0.05) is 0 Å². The Morgan fingerprint density at radius 1 is 1.27 bits per heavy atom. The number of benzene rings is 1. The van der Waals surface area contributed by atoms with Gasteiger partial charge in [0.25, 0.3) is 5.69 Å². The lowest BCUT2D eigenvalue weighted by atomic mass is 10.3. The van der Waals surface area contributed by atoms with E-state index in [2.05, 4.69) is 0 Å². The predicted molar refractivity (Wildman–Crippen MR) is 51.0 cm³/mol. The zero-order chi connectivity index (χ0) is 11.6. The van der Waals surface area contributed by atoms with Gasteiger partial charge in [0.1, 0.15) is 0 Å². The van der Waals surface area contributed by atoms with Crippen LogP contribution in [0.25, 0.3) is 0 Å². The van der Waals surface area contributed by atoms with Crippen molar-refractivity contribution in [3.63, 3.8) is 0 Å². The van der Waals surface area contributed by atoms with E-state index >= 15 is 0 Å². The van der Waals surface area contributed by atoms with Gasteiger partial charge in [-0.05, 0) is 12.1 Å². The highest BCUT2D eigenvalue weighted by atomic mass is 32.2. The van der Waals surface area contributed by atoms with Crippen molar-refractivity contribution in [1.29, 1.82) is 0 Å². The number of nitro groups is 1. The maximum Gasteiger partial charge on any atom is 0.269 e. The molecule has 0 aromatic heterocycles. The van der Waals surface area contributed by atoms with E-state index in [1.807, 2.05) is 0 Å².